The Labute approximate surface area is 205 Å². The van der Waals surface area contributed by atoms with Crippen LogP contribution in [0.15, 0.2) is 48.5 Å². The minimum atomic E-state index is -0.758. The Morgan fingerprint density at radius 1 is 1.03 bits per heavy atom. The average molecular weight is 477 g/mol. The molecule has 0 aromatic heterocycles. The summed E-state index contributed by atoms with van der Waals surface area (Å²) < 4.78 is 5.62. The molecule has 1 saturated carbocycles. The molecular formula is C28H32N2O5. The van der Waals surface area contributed by atoms with Crippen LogP contribution in [0.5, 0.6) is 0 Å². The van der Waals surface area contributed by atoms with Crippen molar-refractivity contribution in [1.29, 1.82) is 0 Å². The van der Waals surface area contributed by atoms with E-state index in [0.29, 0.717) is 13.1 Å². The van der Waals surface area contributed by atoms with E-state index in [4.69, 9.17) is 4.74 Å². The Bertz CT molecular complexity index is 1100. The quantitative estimate of drug-likeness (QED) is 0.630. The number of nitrogens with one attached hydrogen (secondary N) is 1. The van der Waals surface area contributed by atoms with Crippen molar-refractivity contribution in [2.24, 2.45) is 29.6 Å². The van der Waals surface area contributed by atoms with Crippen LogP contribution in [0.2, 0.25) is 0 Å². The summed E-state index contributed by atoms with van der Waals surface area (Å²) in [5.41, 5.74) is 4.65. The maximum atomic E-state index is 13.2. The van der Waals surface area contributed by atoms with Crippen LogP contribution in [-0.4, -0.2) is 54.2 Å². The Morgan fingerprint density at radius 2 is 1.66 bits per heavy atom. The number of rotatable bonds is 7. The van der Waals surface area contributed by atoms with Crippen molar-refractivity contribution in [1.82, 2.24) is 10.2 Å². The molecule has 2 unspecified atom stereocenters. The lowest BCUT2D eigenvalue weighted by molar-refractivity contribution is -0.140. The minimum absolute atomic E-state index is 0.0160. The highest BCUT2D eigenvalue weighted by molar-refractivity contribution is 5.81. The second kappa shape index (κ2) is 9.36. The number of aliphatic carboxylic acids is 1. The third-order valence-electron chi connectivity index (χ3n) is 8.02. The zero-order valence-electron chi connectivity index (χ0n) is 20.1. The lowest BCUT2D eigenvalue weighted by Gasteiger charge is -2.31. The summed E-state index contributed by atoms with van der Waals surface area (Å²) in [5.74, 6) is -1.19. The van der Waals surface area contributed by atoms with Gasteiger partial charge in [0.25, 0.3) is 0 Å². The zero-order valence-corrected chi connectivity index (χ0v) is 20.1. The van der Waals surface area contributed by atoms with Gasteiger partial charge in [-0.25, -0.2) is 4.79 Å². The number of amides is 2. The van der Waals surface area contributed by atoms with Gasteiger partial charge in [-0.15, -0.1) is 0 Å². The molecule has 2 aromatic rings. The van der Waals surface area contributed by atoms with Crippen LogP contribution >= 0.6 is 0 Å². The third kappa shape index (κ3) is 4.40. The average Bonchev–Trinajstić information content (AvgIpc) is 3.50. The van der Waals surface area contributed by atoms with Crippen molar-refractivity contribution < 1.29 is 24.2 Å². The number of ether oxygens (including phenoxy) is 1. The number of carbonyl (C=O) groups excluding carboxylic acids is 2. The molecule has 1 heterocycles. The Kier molecular flexibility index (Phi) is 6.26. The molecule has 2 fully saturated rings. The molecule has 35 heavy (non-hydrogen) atoms. The molecule has 1 saturated heterocycles. The lowest BCUT2D eigenvalue weighted by atomic mass is 9.93. The van der Waals surface area contributed by atoms with Crippen molar-refractivity contribution in [3.63, 3.8) is 0 Å². The van der Waals surface area contributed by atoms with Gasteiger partial charge in [0.15, 0.2) is 0 Å². The first kappa shape index (κ1) is 23.4. The van der Waals surface area contributed by atoms with Crippen LogP contribution in [0.3, 0.4) is 0 Å². The van der Waals surface area contributed by atoms with Crippen molar-refractivity contribution in [3.8, 4) is 11.1 Å². The number of alkyl carbamates (subject to hydrolysis) is 1. The smallest absolute Gasteiger partial charge is 0.407 e. The summed E-state index contributed by atoms with van der Waals surface area (Å²) in [7, 11) is 0. The fourth-order valence-corrected chi connectivity index (χ4v) is 5.99. The van der Waals surface area contributed by atoms with Gasteiger partial charge in [0.1, 0.15) is 6.61 Å². The number of nitrogens with zero attached hydrogens (tertiary/aromatic N) is 1. The molecule has 0 radical (unpaired) electrons. The first-order chi connectivity index (χ1) is 16.9. The topological polar surface area (TPSA) is 95.9 Å². The fraction of sp³-hybridized carbons (Fsp3) is 0.464. The van der Waals surface area contributed by atoms with Crippen molar-refractivity contribution in [2.45, 2.75) is 26.2 Å². The molecule has 0 spiro atoms. The second-order valence-electron chi connectivity index (χ2n) is 10.3. The second-order valence-corrected chi connectivity index (χ2v) is 10.3. The van der Waals surface area contributed by atoms with Gasteiger partial charge >= 0.3 is 12.1 Å². The van der Waals surface area contributed by atoms with E-state index >= 15 is 0 Å². The van der Waals surface area contributed by atoms with E-state index in [-0.39, 0.29) is 54.6 Å². The molecule has 0 bridgehead atoms. The molecule has 184 valence electrons. The third-order valence-corrected chi connectivity index (χ3v) is 8.02. The molecule has 3 aliphatic rings. The number of carboxylic acids is 1. The Hall–Kier alpha value is -3.35. The van der Waals surface area contributed by atoms with Gasteiger partial charge < -0.3 is 20.1 Å². The summed E-state index contributed by atoms with van der Waals surface area (Å²) in [5, 5.41) is 12.1. The van der Waals surface area contributed by atoms with Gasteiger partial charge in [0.2, 0.25) is 5.91 Å². The molecular weight excluding hydrogens is 444 g/mol. The summed E-state index contributed by atoms with van der Waals surface area (Å²) >= 11 is 0. The summed E-state index contributed by atoms with van der Waals surface area (Å²) in [6.45, 7) is 5.43. The van der Waals surface area contributed by atoms with Crippen molar-refractivity contribution in [3.05, 3.63) is 59.7 Å². The van der Waals surface area contributed by atoms with Crippen LogP contribution in [0.25, 0.3) is 11.1 Å². The molecule has 7 nitrogen and oxygen atoms in total. The van der Waals surface area contributed by atoms with E-state index in [1.54, 1.807) is 4.90 Å². The number of hydrogen-bond donors (Lipinski definition) is 2. The van der Waals surface area contributed by atoms with E-state index < -0.39 is 12.1 Å². The normalized spacial score (nSPS) is 23.2. The molecule has 2 aliphatic carbocycles. The lowest BCUT2D eigenvalue weighted by Crippen LogP contribution is -2.46. The van der Waals surface area contributed by atoms with Gasteiger partial charge in [-0.3, -0.25) is 9.59 Å². The molecule has 2 amide bonds. The summed E-state index contributed by atoms with van der Waals surface area (Å²) in [6, 6.07) is 16.4. The van der Waals surface area contributed by atoms with Crippen molar-refractivity contribution >= 4 is 18.0 Å². The number of carbonyl (C=O) groups is 3. The van der Waals surface area contributed by atoms with Gasteiger partial charge in [-0.05, 0) is 46.4 Å². The molecule has 5 rings (SSSR count). The van der Waals surface area contributed by atoms with E-state index in [9.17, 15) is 19.5 Å². The first-order valence-electron chi connectivity index (χ1n) is 12.5. The maximum Gasteiger partial charge on any atom is 0.407 e. The SMILES string of the molecule is CC(C)C(CNC(=O)OCC1c2ccccc2-c2ccccc21)C(=O)N1CC[C@@H]2C(C(=O)O)[C@@H]2C1. The molecule has 2 aromatic carbocycles. The van der Waals surface area contributed by atoms with E-state index in [1.165, 1.54) is 11.1 Å². The predicted octanol–water partition coefficient (Wildman–Crippen LogP) is 3.98. The molecule has 4 atom stereocenters. The maximum absolute atomic E-state index is 13.2. The van der Waals surface area contributed by atoms with Gasteiger partial charge in [-0.2, -0.15) is 0 Å². The number of likely N-dealkylation sites (tertiary alicyclic amines) is 1. The largest absolute Gasteiger partial charge is 0.481 e. The minimum Gasteiger partial charge on any atom is -0.481 e. The highest BCUT2D eigenvalue weighted by Gasteiger charge is 2.57. The van der Waals surface area contributed by atoms with E-state index in [1.807, 2.05) is 38.1 Å². The number of carboxylic acid groups (broad SMARTS) is 1. The Morgan fingerprint density at radius 3 is 2.26 bits per heavy atom. The Balaban J connectivity index is 1.17. The van der Waals surface area contributed by atoms with Gasteiger partial charge in [-0.1, -0.05) is 62.4 Å². The highest BCUT2D eigenvalue weighted by atomic mass is 16.5. The van der Waals surface area contributed by atoms with Crippen LogP contribution in [0.4, 0.5) is 4.79 Å². The van der Waals surface area contributed by atoms with Gasteiger partial charge in [0, 0.05) is 25.6 Å². The highest BCUT2D eigenvalue weighted by Crippen LogP contribution is 2.52. The van der Waals surface area contributed by atoms with Gasteiger partial charge in [0.05, 0.1) is 11.8 Å². The molecule has 7 heteroatoms. The zero-order chi connectivity index (χ0) is 24.7. The van der Waals surface area contributed by atoms with Crippen LogP contribution in [-0.2, 0) is 14.3 Å². The van der Waals surface area contributed by atoms with Crippen LogP contribution in [0, 0.1) is 29.6 Å². The van der Waals surface area contributed by atoms with Crippen LogP contribution in [0.1, 0.15) is 37.3 Å². The monoisotopic (exact) mass is 476 g/mol. The van der Waals surface area contributed by atoms with E-state index in [0.717, 1.165) is 17.5 Å². The number of benzene rings is 2. The molecule has 2 N–H and O–H groups in total. The summed E-state index contributed by atoms with van der Waals surface area (Å²) in [6.07, 6.45) is 0.204. The summed E-state index contributed by atoms with van der Waals surface area (Å²) in [4.78, 5) is 39.0. The number of hydrogen-bond acceptors (Lipinski definition) is 4. The molecule has 1 aliphatic heterocycles. The van der Waals surface area contributed by atoms with Crippen LogP contribution < -0.4 is 5.32 Å². The number of fused-ring (bicyclic) bond motifs is 4. The first-order valence-corrected chi connectivity index (χ1v) is 12.5. The predicted molar refractivity (Wildman–Crippen MR) is 131 cm³/mol. The number of piperidine rings is 1. The van der Waals surface area contributed by atoms with E-state index in [2.05, 4.69) is 29.6 Å². The fourth-order valence-electron chi connectivity index (χ4n) is 5.99. The van der Waals surface area contributed by atoms with Crippen molar-refractivity contribution in [2.75, 3.05) is 26.2 Å². The standard InChI is InChI=1S/C28H32N2O5/c1-16(2)22(26(31)30-12-11-21-23(14-30)25(21)27(32)33)13-29-28(34)35-15-24-19-9-5-3-7-17(19)18-8-4-6-10-20(18)24/h3-10,16,21-25H,11-15H2,1-2H3,(H,29,34)(H,32,33)/t21-,22?,23+,25?/m0/s1.